The normalized spacial score (nSPS) is 19.1. The topological polar surface area (TPSA) is 124 Å². The molecule has 10 nitrogen and oxygen atoms in total. The van der Waals surface area contributed by atoms with Gasteiger partial charge in [-0.3, -0.25) is 23.7 Å². The Labute approximate surface area is 258 Å². The maximum absolute atomic E-state index is 14.0. The van der Waals surface area contributed by atoms with Crippen molar-refractivity contribution in [3.05, 3.63) is 91.0 Å². The van der Waals surface area contributed by atoms with Crippen LogP contribution in [0.2, 0.25) is 0 Å². The number of thiazole rings is 1. The summed E-state index contributed by atoms with van der Waals surface area (Å²) in [4.78, 5) is 68.5. The van der Waals surface area contributed by atoms with Crippen LogP contribution >= 0.6 is 34.4 Å². The minimum absolute atomic E-state index is 0.229. The van der Waals surface area contributed by atoms with Gasteiger partial charge in [0.25, 0.3) is 0 Å². The molecule has 2 aliphatic rings. The molecule has 43 heavy (non-hydrogen) atoms. The molecule has 4 aromatic rings. The zero-order valence-electron chi connectivity index (χ0n) is 23.0. The maximum atomic E-state index is 14.0. The summed E-state index contributed by atoms with van der Waals surface area (Å²) in [6.45, 7) is 1.69. The quantitative estimate of drug-likeness (QED) is 0.220. The van der Waals surface area contributed by atoms with Crippen LogP contribution in [0.4, 0.5) is 11.4 Å². The number of nitrogens with zero attached hydrogens (tertiary/aromatic N) is 2. The van der Waals surface area contributed by atoms with Gasteiger partial charge in [-0.2, -0.15) is 0 Å². The van der Waals surface area contributed by atoms with Crippen molar-refractivity contribution >= 4 is 69.5 Å². The van der Waals surface area contributed by atoms with Gasteiger partial charge in [0.1, 0.15) is 17.5 Å². The summed E-state index contributed by atoms with van der Waals surface area (Å²) in [6, 6.07) is 16.8. The third-order valence-corrected chi connectivity index (χ3v) is 10.8. The molecule has 0 aliphatic carbocycles. The van der Waals surface area contributed by atoms with E-state index >= 15 is 0 Å². The van der Waals surface area contributed by atoms with Gasteiger partial charge in [-0.25, -0.2) is 9.69 Å². The van der Waals surface area contributed by atoms with Gasteiger partial charge >= 0.3 is 10.8 Å². The Kier molecular flexibility index (Phi) is 7.95. The number of aromatic nitrogens is 1. The molecule has 3 atom stereocenters. The number of benzene rings is 2. The number of imide groups is 1. The average Bonchev–Trinajstić information content (AvgIpc) is 3.71. The fraction of sp³-hybridized carbons (Fsp3) is 0.233. The van der Waals surface area contributed by atoms with Crippen LogP contribution in [0, 0.1) is 5.92 Å². The molecule has 1 saturated heterocycles. The van der Waals surface area contributed by atoms with Crippen molar-refractivity contribution in [3.8, 4) is 5.75 Å². The number of amides is 3. The van der Waals surface area contributed by atoms with E-state index in [4.69, 9.17) is 9.47 Å². The third-order valence-electron chi connectivity index (χ3n) is 7.21. The Morgan fingerprint density at radius 1 is 0.977 bits per heavy atom. The highest BCUT2D eigenvalue weighted by Gasteiger charge is 2.57. The summed E-state index contributed by atoms with van der Waals surface area (Å²) >= 11 is 3.60. The van der Waals surface area contributed by atoms with E-state index in [1.165, 1.54) is 28.0 Å². The molecule has 0 spiro atoms. The first-order valence-corrected chi connectivity index (χ1v) is 15.9. The summed E-state index contributed by atoms with van der Waals surface area (Å²) in [7, 11) is 1.55. The number of anilines is 2. The van der Waals surface area contributed by atoms with Crippen LogP contribution < -0.4 is 19.8 Å². The fourth-order valence-corrected chi connectivity index (χ4v) is 8.99. The summed E-state index contributed by atoms with van der Waals surface area (Å²) in [5.74, 6) is -2.30. The summed E-state index contributed by atoms with van der Waals surface area (Å²) < 4.78 is 11.6. The maximum Gasteiger partial charge on any atom is 0.338 e. The average molecular weight is 636 g/mol. The number of nitrogens with one attached hydrogen (secondary N) is 1. The molecule has 2 aliphatic heterocycles. The van der Waals surface area contributed by atoms with Crippen molar-refractivity contribution in [3.63, 3.8) is 0 Å². The van der Waals surface area contributed by atoms with Crippen molar-refractivity contribution in [1.29, 1.82) is 0 Å². The van der Waals surface area contributed by atoms with Crippen LogP contribution in [0.5, 0.6) is 5.75 Å². The molecule has 3 amide bonds. The largest absolute Gasteiger partial charge is 0.497 e. The molecule has 2 aromatic heterocycles. The Morgan fingerprint density at radius 3 is 2.37 bits per heavy atom. The van der Waals surface area contributed by atoms with Crippen molar-refractivity contribution in [1.82, 2.24) is 4.57 Å². The molecular formula is C30H25N3O7S3. The molecule has 0 saturated carbocycles. The van der Waals surface area contributed by atoms with Crippen LogP contribution in [0.1, 0.15) is 33.0 Å². The number of esters is 1. The second-order valence-electron chi connectivity index (χ2n) is 9.74. The van der Waals surface area contributed by atoms with E-state index < -0.39 is 34.9 Å². The zero-order valence-corrected chi connectivity index (χ0v) is 25.4. The van der Waals surface area contributed by atoms with Crippen molar-refractivity contribution in [2.75, 3.05) is 23.9 Å². The Morgan fingerprint density at radius 2 is 1.72 bits per heavy atom. The molecule has 0 radical (unpaired) electrons. The first-order chi connectivity index (χ1) is 20.8. The van der Waals surface area contributed by atoms with Crippen molar-refractivity contribution in [2.24, 2.45) is 5.92 Å². The van der Waals surface area contributed by atoms with Gasteiger partial charge in [-0.1, -0.05) is 29.2 Å². The van der Waals surface area contributed by atoms with Crippen LogP contribution in [-0.2, 0) is 25.7 Å². The highest BCUT2D eigenvalue weighted by Crippen LogP contribution is 2.54. The summed E-state index contributed by atoms with van der Waals surface area (Å²) in [5.41, 5.74) is 1.21. The summed E-state index contributed by atoms with van der Waals surface area (Å²) in [6.07, 6.45) is 0. The highest BCUT2D eigenvalue weighted by atomic mass is 32.2. The second-order valence-corrected chi connectivity index (χ2v) is 12.8. The Bertz CT molecular complexity index is 1760. The van der Waals surface area contributed by atoms with Gasteiger partial charge < -0.3 is 14.8 Å². The predicted octanol–water partition coefficient (Wildman–Crippen LogP) is 4.59. The minimum Gasteiger partial charge on any atom is -0.497 e. The van der Waals surface area contributed by atoms with Crippen LogP contribution in [0.15, 0.2) is 75.9 Å². The Hall–Kier alpha value is -4.20. The SMILES string of the molecule is CCOC(=O)c1ccc(N2C(=O)[C@@H]3[C@H](c4cccs4)c4sc(=O)n(CC(=O)Nc5ccc(OC)cc5)c4S[C@@H]3C2=O)cc1. The number of rotatable bonds is 8. The van der Waals surface area contributed by atoms with Gasteiger partial charge in [0.15, 0.2) is 0 Å². The van der Waals surface area contributed by atoms with Crippen LogP contribution in [-0.4, -0.2) is 47.2 Å². The second kappa shape index (κ2) is 11.8. The van der Waals surface area contributed by atoms with Crippen molar-refractivity contribution in [2.45, 2.75) is 29.7 Å². The van der Waals surface area contributed by atoms with Gasteiger partial charge in [-0.15, -0.1) is 11.3 Å². The van der Waals surface area contributed by atoms with E-state index in [0.717, 1.165) is 32.9 Å². The lowest BCUT2D eigenvalue weighted by Gasteiger charge is -2.29. The van der Waals surface area contributed by atoms with Gasteiger partial charge in [-0.05, 0) is 66.9 Å². The van der Waals surface area contributed by atoms with Gasteiger partial charge in [0.2, 0.25) is 17.7 Å². The molecule has 1 N–H and O–H groups in total. The molecule has 4 heterocycles. The number of ether oxygens (including phenoxy) is 2. The molecule has 0 unspecified atom stereocenters. The summed E-state index contributed by atoms with van der Waals surface area (Å²) in [5, 5.41) is 4.40. The van der Waals surface area contributed by atoms with Crippen LogP contribution in [0.3, 0.4) is 0 Å². The van der Waals surface area contributed by atoms with E-state index in [9.17, 15) is 24.0 Å². The predicted molar refractivity (Wildman–Crippen MR) is 164 cm³/mol. The van der Waals surface area contributed by atoms with E-state index in [-0.39, 0.29) is 23.9 Å². The minimum atomic E-state index is -0.804. The molecule has 220 valence electrons. The number of methoxy groups -OCH3 is 1. The number of carbonyl (C=O) groups is 4. The highest BCUT2D eigenvalue weighted by molar-refractivity contribution is 8.00. The molecule has 13 heteroatoms. The zero-order chi connectivity index (χ0) is 30.2. The molecule has 0 bridgehead atoms. The van der Waals surface area contributed by atoms with Crippen molar-refractivity contribution < 1.29 is 28.7 Å². The van der Waals surface area contributed by atoms with E-state index in [2.05, 4.69) is 5.32 Å². The number of thioether (sulfide) groups is 1. The lowest BCUT2D eigenvalue weighted by molar-refractivity contribution is -0.122. The van der Waals surface area contributed by atoms with Crippen LogP contribution in [0.25, 0.3) is 0 Å². The monoisotopic (exact) mass is 635 g/mol. The molecule has 2 aromatic carbocycles. The molecular weight excluding hydrogens is 611 g/mol. The van der Waals surface area contributed by atoms with Gasteiger partial charge in [0, 0.05) is 21.4 Å². The first-order valence-electron chi connectivity index (χ1n) is 13.3. The lowest BCUT2D eigenvalue weighted by atomic mass is 9.87. The fourth-order valence-electron chi connectivity index (χ4n) is 5.26. The van der Waals surface area contributed by atoms with E-state index in [0.29, 0.717) is 32.6 Å². The standard InChI is InChI=1S/C30H25N3O7S3/c1-3-40-29(37)16-6-10-18(11-7-16)33-26(35)23-22(20-5-4-14-41-20)25-28(42-24(23)27(33)36)32(30(38)43-25)15-21(34)31-17-8-12-19(39-2)13-9-17/h4-14,22-24H,3,15H2,1-2H3,(H,31,34)/t22-,23+,24-/m0/s1. The number of carbonyl (C=O) groups excluding carboxylic acids is 4. The number of hydrogen-bond donors (Lipinski definition) is 1. The number of fused-ring (bicyclic) bond motifs is 2. The first kappa shape index (κ1) is 28.9. The third kappa shape index (κ3) is 5.28. The molecule has 6 rings (SSSR count). The van der Waals surface area contributed by atoms with E-state index in [1.807, 2.05) is 17.5 Å². The van der Waals surface area contributed by atoms with E-state index in [1.54, 1.807) is 50.4 Å². The smallest absolute Gasteiger partial charge is 0.338 e. The lowest BCUT2D eigenvalue weighted by Crippen LogP contribution is -2.32. The number of thiophene rings is 1. The number of hydrogen-bond acceptors (Lipinski definition) is 10. The Balaban J connectivity index is 1.32. The molecule has 1 fully saturated rings. The van der Waals surface area contributed by atoms with Gasteiger partial charge in [0.05, 0.1) is 35.9 Å².